The lowest BCUT2D eigenvalue weighted by Crippen LogP contribution is -2.34. The zero-order valence-corrected chi connectivity index (χ0v) is 18.3. The van der Waals surface area contributed by atoms with E-state index in [1.54, 1.807) is 48.5 Å². The number of carbonyl (C=O) groups is 3. The van der Waals surface area contributed by atoms with Crippen molar-refractivity contribution in [2.24, 2.45) is 0 Å². The smallest absolute Gasteiger partial charge is 0.308 e. The van der Waals surface area contributed by atoms with Crippen molar-refractivity contribution >= 4 is 23.9 Å². The first kappa shape index (κ1) is 23.3. The molecular weight excluding hydrogens is 420 g/mol. The third-order valence-electron chi connectivity index (χ3n) is 4.58. The van der Waals surface area contributed by atoms with Crippen LogP contribution >= 0.6 is 0 Å². The summed E-state index contributed by atoms with van der Waals surface area (Å²) in [5.41, 5.74) is 1.97. The van der Waals surface area contributed by atoms with Gasteiger partial charge in [-0.3, -0.25) is 14.4 Å². The number of benzene rings is 3. The lowest BCUT2D eigenvalue weighted by Gasteiger charge is -2.12. The molecule has 0 aliphatic carbocycles. The second kappa shape index (κ2) is 11.3. The molecule has 2 N–H and O–H groups in total. The maximum Gasteiger partial charge on any atom is 0.308 e. The van der Waals surface area contributed by atoms with Gasteiger partial charge in [-0.25, -0.2) is 0 Å². The van der Waals surface area contributed by atoms with Gasteiger partial charge in [0.2, 0.25) is 0 Å². The van der Waals surface area contributed by atoms with Gasteiger partial charge in [0.1, 0.15) is 5.70 Å². The Morgan fingerprint density at radius 2 is 1.55 bits per heavy atom. The molecule has 0 aliphatic heterocycles. The number of carbonyl (C=O) groups excluding carboxylic acids is 3. The number of amides is 2. The zero-order chi connectivity index (χ0) is 23.6. The maximum atomic E-state index is 13.0. The molecule has 0 atom stereocenters. The Bertz CT molecular complexity index is 1160. The molecule has 0 aliphatic rings. The summed E-state index contributed by atoms with van der Waals surface area (Å²) >= 11 is 0. The van der Waals surface area contributed by atoms with Crippen molar-refractivity contribution in [2.45, 2.75) is 13.5 Å². The molecule has 168 valence electrons. The molecule has 0 spiro atoms. The molecule has 3 aromatic rings. The van der Waals surface area contributed by atoms with Gasteiger partial charge in [-0.15, -0.1) is 0 Å². The summed E-state index contributed by atoms with van der Waals surface area (Å²) < 4.78 is 10.4. The SMILES string of the molecule is COc1cc(/C=C(\NC(=O)c2ccccc2)C(=O)NCc2ccccc2)ccc1OC(C)=O. The molecule has 0 saturated carbocycles. The molecule has 0 bridgehead atoms. The Kier molecular flexibility index (Phi) is 7.96. The molecule has 33 heavy (non-hydrogen) atoms. The number of hydrogen-bond acceptors (Lipinski definition) is 5. The average Bonchev–Trinajstić information content (AvgIpc) is 2.83. The fourth-order valence-corrected chi connectivity index (χ4v) is 3.00. The lowest BCUT2D eigenvalue weighted by atomic mass is 10.1. The summed E-state index contributed by atoms with van der Waals surface area (Å²) in [6, 6.07) is 22.9. The number of rotatable bonds is 8. The van der Waals surface area contributed by atoms with Crippen LogP contribution in [0.2, 0.25) is 0 Å². The van der Waals surface area contributed by atoms with Gasteiger partial charge >= 0.3 is 5.97 Å². The van der Waals surface area contributed by atoms with Crippen molar-refractivity contribution in [3.63, 3.8) is 0 Å². The minimum atomic E-state index is -0.479. The van der Waals surface area contributed by atoms with E-state index < -0.39 is 17.8 Å². The van der Waals surface area contributed by atoms with Gasteiger partial charge < -0.3 is 20.1 Å². The lowest BCUT2D eigenvalue weighted by molar-refractivity contribution is -0.132. The molecule has 0 aromatic heterocycles. The van der Waals surface area contributed by atoms with Crippen molar-refractivity contribution < 1.29 is 23.9 Å². The van der Waals surface area contributed by atoms with E-state index in [2.05, 4.69) is 10.6 Å². The number of ether oxygens (including phenoxy) is 2. The van der Waals surface area contributed by atoms with Crippen LogP contribution < -0.4 is 20.1 Å². The third kappa shape index (κ3) is 6.80. The summed E-state index contributed by atoms with van der Waals surface area (Å²) in [5.74, 6) is -0.776. The summed E-state index contributed by atoms with van der Waals surface area (Å²) in [4.78, 5) is 37.0. The van der Waals surface area contributed by atoms with E-state index in [1.807, 2.05) is 30.3 Å². The largest absolute Gasteiger partial charge is 0.493 e. The normalized spacial score (nSPS) is 10.8. The van der Waals surface area contributed by atoms with Crippen LogP contribution in [0.4, 0.5) is 0 Å². The Hall–Kier alpha value is -4.39. The van der Waals surface area contributed by atoms with E-state index in [9.17, 15) is 14.4 Å². The highest BCUT2D eigenvalue weighted by molar-refractivity contribution is 6.05. The Balaban J connectivity index is 1.88. The van der Waals surface area contributed by atoms with Gasteiger partial charge in [-0.05, 0) is 41.5 Å². The van der Waals surface area contributed by atoms with E-state index in [0.717, 1.165) is 5.56 Å². The van der Waals surface area contributed by atoms with Crippen molar-refractivity contribution in [2.75, 3.05) is 7.11 Å². The predicted octanol–water partition coefficient (Wildman–Crippen LogP) is 3.71. The van der Waals surface area contributed by atoms with Crippen LogP contribution in [0, 0.1) is 0 Å². The molecule has 2 amide bonds. The highest BCUT2D eigenvalue weighted by Crippen LogP contribution is 2.29. The van der Waals surface area contributed by atoms with Crippen LogP contribution in [0.5, 0.6) is 11.5 Å². The Morgan fingerprint density at radius 1 is 0.879 bits per heavy atom. The summed E-state index contributed by atoms with van der Waals surface area (Å²) in [5, 5.41) is 5.51. The van der Waals surface area contributed by atoms with Gasteiger partial charge in [0.05, 0.1) is 7.11 Å². The Morgan fingerprint density at radius 3 is 2.18 bits per heavy atom. The summed E-state index contributed by atoms with van der Waals surface area (Å²) in [6.07, 6.45) is 1.53. The van der Waals surface area contributed by atoms with E-state index in [4.69, 9.17) is 9.47 Å². The monoisotopic (exact) mass is 444 g/mol. The second-order valence-corrected chi connectivity index (χ2v) is 7.05. The first-order valence-corrected chi connectivity index (χ1v) is 10.2. The molecule has 7 nitrogen and oxygen atoms in total. The topological polar surface area (TPSA) is 93.7 Å². The highest BCUT2D eigenvalue weighted by Gasteiger charge is 2.15. The zero-order valence-electron chi connectivity index (χ0n) is 18.3. The third-order valence-corrected chi connectivity index (χ3v) is 4.58. The average molecular weight is 444 g/mol. The molecular formula is C26H24N2O5. The van der Waals surface area contributed by atoms with Crippen LogP contribution in [0.3, 0.4) is 0 Å². The summed E-state index contributed by atoms with van der Waals surface area (Å²) in [7, 11) is 1.44. The maximum absolute atomic E-state index is 13.0. The Labute approximate surface area is 192 Å². The molecule has 0 radical (unpaired) electrons. The van der Waals surface area contributed by atoms with Gasteiger partial charge in [0, 0.05) is 19.0 Å². The van der Waals surface area contributed by atoms with E-state index in [1.165, 1.54) is 20.1 Å². The number of esters is 1. The van der Waals surface area contributed by atoms with Crippen LogP contribution in [-0.2, 0) is 16.1 Å². The van der Waals surface area contributed by atoms with E-state index in [0.29, 0.717) is 23.4 Å². The van der Waals surface area contributed by atoms with Crippen molar-refractivity contribution in [3.8, 4) is 11.5 Å². The van der Waals surface area contributed by atoms with Crippen molar-refractivity contribution in [1.82, 2.24) is 10.6 Å². The fraction of sp³-hybridized carbons (Fsp3) is 0.115. The van der Waals surface area contributed by atoms with Crippen LogP contribution in [0.1, 0.15) is 28.4 Å². The molecule has 0 unspecified atom stereocenters. The fourth-order valence-electron chi connectivity index (χ4n) is 3.00. The van der Waals surface area contributed by atoms with Gasteiger partial charge in [0.15, 0.2) is 11.5 Å². The summed E-state index contributed by atoms with van der Waals surface area (Å²) in [6.45, 7) is 1.59. The van der Waals surface area contributed by atoms with Gasteiger partial charge in [-0.1, -0.05) is 54.6 Å². The minimum absolute atomic E-state index is 0.0575. The first-order valence-electron chi connectivity index (χ1n) is 10.2. The standard InChI is InChI=1S/C26H24N2O5/c1-18(29)33-23-14-13-20(16-24(23)32-2)15-22(28-25(30)21-11-7-4-8-12-21)26(31)27-17-19-9-5-3-6-10-19/h3-16H,17H2,1-2H3,(H,27,31)(H,28,30)/b22-15-. The van der Waals surface area contributed by atoms with Gasteiger partial charge in [0.25, 0.3) is 11.8 Å². The molecule has 7 heteroatoms. The molecule has 0 saturated heterocycles. The number of methoxy groups -OCH3 is 1. The quantitative estimate of drug-likeness (QED) is 0.314. The van der Waals surface area contributed by atoms with Crippen molar-refractivity contribution in [1.29, 1.82) is 0 Å². The minimum Gasteiger partial charge on any atom is -0.493 e. The molecule has 3 rings (SSSR count). The molecule has 0 heterocycles. The van der Waals surface area contributed by atoms with Crippen LogP contribution in [-0.4, -0.2) is 24.9 Å². The first-order chi connectivity index (χ1) is 16.0. The molecule has 0 fully saturated rings. The molecule has 3 aromatic carbocycles. The van der Waals surface area contributed by atoms with Gasteiger partial charge in [-0.2, -0.15) is 0 Å². The van der Waals surface area contributed by atoms with Crippen LogP contribution in [0.15, 0.2) is 84.6 Å². The number of hydrogen-bond donors (Lipinski definition) is 2. The number of nitrogens with one attached hydrogen (secondary N) is 2. The predicted molar refractivity (Wildman–Crippen MR) is 124 cm³/mol. The van der Waals surface area contributed by atoms with E-state index in [-0.39, 0.29) is 11.4 Å². The van der Waals surface area contributed by atoms with Crippen molar-refractivity contribution in [3.05, 3.63) is 101 Å². The van der Waals surface area contributed by atoms with E-state index >= 15 is 0 Å². The highest BCUT2D eigenvalue weighted by atomic mass is 16.6. The second-order valence-electron chi connectivity index (χ2n) is 7.05. The van der Waals surface area contributed by atoms with Crippen LogP contribution in [0.25, 0.3) is 6.08 Å².